The van der Waals surface area contributed by atoms with Crippen LogP contribution in [0.15, 0.2) is 12.1 Å². The highest BCUT2D eigenvalue weighted by Gasteiger charge is 2.51. The van der Waals surface area contributed by atoms with Gasteiger partial charge < -0.3 is 37.6 Å². The summed E-state index contributed by atoms with van der Waals surface area (Å²) in [6.07, 6.45) is 9.56. The van der Waals surface area contributed by atoms with Crippen molar-refractivity contribution < 1.29 is 47.2 Å². The molecule has 0 saturated carbocycles. The fraction of sp³-hybridized carbons (Fsp3) is 0.800. The predicted octanol–water partition coefficient (Wildman–Crippen LogP) is 3.86. The van der Waals surface area contributed by atoms with E-state index in [2.05, 4.69) is 10.7 Å². The maximum atomic E-state index is 12.1. The van der Waals surface area contributed by atoms with Gasteiger partial charge in [0.05, 0.1) is 42.0 Å². The molecule has 10 nitrogen and oxygen atoms in total. The van der Waals surface area contributed by atoms with Crippen LogP contribution in [0.5, 0.6) is 0 Å². The third-order valence-electron chi connectivity index (χ3n) is 9.15. The van der Waals surface area contributed by atoms with E-state index in [9.17, 15) is 9.59 Å². The number of esters is 2. The van der Waals surface area contributed by atoms with Gasteiger partial charge in [-0.15, -0.1) is 6.42 Å². The first kappa shape index (κ1) is 36.3. The molecule has 0 bridgehead atoms. The minimum absolute atomic E-state index is 0.187. The van der Waals surface area contributed by atoms with Crippen molar-refractivity contribution in [3.63, 3.8) is 0 Å². The lowest BCUT2D eigenvalue weighted by Gasteiger charge is -2.32. The van der Waals surface area contributed by atoms with Crippen molar-refractivity contribution >= 4 is 26.7 Å². The summed E-state index contributed by atoms with van der Waals surface area (Å²) in [5, 5.41) is 0. The monoisotopic (exact) mass is 591 g/mol. The predicted molar refractivity (Wildman–Crippen MR) is 159 cm³/mol. The molecule has 0 amide bonds. The lowest BCUT2D eigenvalue weighted by molar-refractivity contribution is -0.154. The Morgan fingerprint density at radius 2 is 1.17 bits per heavy atom. The van der Waals surface area contributed by atoms with E-state index in [-0.39, 0.29) is 34.3 Å². The van der Waals surface area contributed by atoms with Crippen molar-refractivity contribution in [1.82, 2.24) is 0 Å². The molecule has 4 rings (SSSR count). The first-order valence-electron chi connectivity index (χ1n) is 14.5. The van der Waals surface area contributed by atoms with E-state index in [4.69, 9.17) is 39.3 Å². The van der Waals surface area contributed by atoms with Gasteiger partial charge in [-0.1, -0.05) is 18.0 Å². The smallest absolute Gasteiger partial charge is 0.468 e. The summed E-state index contributed by atoms with van der Waals surface area (Å²) in [7, 11) is 3.75. The number of carbonyl (C=O) groups excluding carboxylic acids is 2. The second-order valence-corrected chi connectivity index (χ2v) is 12.9. The quantitative estimate of drug-likeness (QED) is 0.272. The molecule has 4 aliphatic rings. The van der Waals surface area contributed by atoms with E-state index in [1.54, 1.807) is 0 Å². The van der Waals surface area contributed by atoms with Gasteiger partial charge in [-0.2, -0.15) is 0 Å². The zero-order valence-corrected chi connectivity index (χ0v) is 27.1. The number of carbonyl (C=O) groups is 2. The van der Waals surface area contributed by atoms with Gasteiger partial charge in [0, 0.05) is 26.4 Å². The Bertz CT molecular complexity index is 957. The molecule has 12 heteroatoms. The van der Waals surface area contributed by atoms with Crippen LogP contribution < -0.4 is 0 Å². The number of hydrogen-bond acceptors (Lipinski definition) is 10. The van der Waals surface area contributed by atoms with E-state index in [0.717, 1.165) is 0 Å². The van der Waals surface area contributed by atoms with E-state index >= 15 is 0 Å². The van der Waals surface area contributed by atoms with Gasteiger partial charge in [-0.3, -0.25) is 9.59 Å². The van der Waals surface area contributed by atoms with Crippen LogP contribution in [-0.4, -0.2) is 89.8 Å². The van der Waals surface area contributed by atoms with E-state index in [0.29, 0.717) is 52.1 Å². The number of terminal acetylenes is 1. The van der Waals surface area contributed by atoms with Crippen LogP contribution in [0, 0.1) is 23.2 Å². The van der Waals surface area contributed by atoms with Crippen LogP contribution in [0.2, 0.25) is 0 Å². The van der Waals surface area contributed by atoms with E-state index < -0.39 is 17.9 Å². The van der Waals surface area contributed by atoms with Crippen molar-refractivity contribution in [2.75, 3.05) is 40.6 Å². The molecular formula is C30H49B2O10. The topological polar surface area (TPSA) is 108 Å². The summed E-state index contributed by atoms with van der Waals surface area (Å²) in [6.45, 7) is 18.3. The Hall–Kier alpha value is -1.87. The molecule has 4 saturated heterocycles. The van der Waals surface area contributed by atoms with Gasteiger partial charge in [0.15, 0.2) is 0 Å². The molecule has 0 aromatic carbocycles. The molecule has 4 heterocycles. The van der Waals surface area contributed by atoms with Gasteiger partial charge in [-0.05, 0) is 81.1 Å². The van der Waals surface area contributed by atoms with Crippen molar-refractivity contribution in [3.05, 3.63) is 12.1 Å². The Kier molecular flexibility index (Phi) is 12.3. The minimum Gasteiger partial charge on any atom is -0.468 e. The minimum atomic E-state index is -0.729. The molecule has 0 unspecified atom stereocenters. The Morgan fingerprint density at radius 3 is 1.52 bits per heavy atom. The average molecular weight is 591 g/mol. The SMILES string of the molecule is C#CC1(C(=O)OC)CCOCC1.CC1(C)O[B]OC1(C)C.COC(=O)C1(/C=C/B2OC(C)(C)C(C)(C)O2)CCOCC1. The third kappa shape index (κ3) is 8.40. The highest BCUT2D eigenvalue weighted by atomic mass is 16.7. The number of rotatable bonds is 4. The van der Waals surface area contributed by atoms with E-state index in [1.807, 2.05) is 67.4 Å². The van der Waals surface area contributed by atoms with Crippen LogP contribution in [0.25, 0.3) is 0 Å². The fourth-order valence-corrected chi connectivity index (χ4v) is 4.48. The number of hydrogen-bond donors (Lipinski definition) is 0. The largest absolute Gasteiger partial charge is 0.488 e. The van der Waals surface area contributed by atoms with Gasteiger partial charge in [0.1, 0.15) is 5.41 Å². The molecule has 1 radical (unpaired) electrons. The second kappa shape index (κ2) is 14.3. The highest BCUT2D eigenvalue weighted by molar-refractivity contribution is 6.51. The lowest BCUT2D eigenvalue weighted by atomic mass is 9.76. The Morgan fingerprint density at radius 1 is 0.738 bits per heavy atom. The first-order chi connectivity index (χ1) is 19.4. The molecule has 4 aliphatic heterocycles. The summed E-state index contributed by atoms with van der Waals surface area (Å²) in [4.78, 5) is 23.4. The molecule has 4 fully saturated rings. The first-order valence-corrected chi connectivity index (χ1v) is 14.5. The van der Waals surface area contributed by atoms with Crippen LogP contribution in [0.1, 0.15) is 81.1 Å². The van der Waals surface area contributed by atoms with Crippen LogP contribution in [-0.2, 0) is 47.2 Å². The lowest BCUT2D eigenvalue weighted by Crippen LogP contribution is -2.41. The normalized spacial score (nSPS) is 25.9. The molecule has 42 heavy (non-hydrogen) atoms. The van der Waals surface area contributed by atoms with Gasteiger partial charge >= 0.3 is 26.7 Å². The average Bonchev–Trinajstić information content (AvgIpc) is 3.33. The van der Waals surface area contributed by atoms with Crippen molar-refractivity contribution in [3.8, 4) is 12.3 Å². The molecule has 0 aromatic rings. The summed E-state index contributed by atoms with van der Waals surface area (Å²) in [5.41, 5.74) is -2.49. The third-order valence-corrected chi connectivity index (χ3v) is 9.15. The summed E-state index contributed by atoms with van der Waals surface area (Å²) in [5.74, 6) is 3.81. The van der Waals surface area contributed by atoms with Gasteiger partial charge in [0.2, 0.25) is 0 Å². The maximum Gasteiger partial charge on any atom is 0.488 e. The van der Waals surface area contributed by atoms with Crippen molar-refractivity contribution in [2.45, 2.75) is 103 Å². The van der Waals surface area contributed by atoms with Crippen LogP contribution in [0.3, 0.4) is 0 Å². The van der Waals surface area contributed by atoms with Gasteiger partial charge in [0.25, 0.3) is 0 Å². The molecule has 0 N–H and O–H groups in total. The fourth-order valence-electron chi connectivity index (χ4n) is 4.48. The molecular weight excluding hydrogens is 542 g/mol. The van der Waals surface area contributed by atoms with Gasteiger partial charge in [-0.25, -0.2) is 0 Å². The Balaban J connectivity index is 0.000000247. The zero-order chi connectivity index (χ0) is 31.9. The van der Waals surface area contributed by atoms with E-state index in [1.165, 1.54) is 21.9 Å². The molecule has 0 aliphatic carbocycles. The second-order valence-electron chi connectivity index (χ2n) is 12.9. The van der Waals surface area contributed by atoms with Crippen LogP contribution >= 0.6 is 0 Å². The summed E-state index contributed by atoms with van der Waals surface area (Å²) in [6, 6.07) is 0. The number of ether oxygens (including phenoxy) is 4. The zero-order valence-electron chi connectivity index (χ0n) is 27.1. The van der Waals surface area contributed by atoms with Crippen molar-refractivity contribution in [1.29, 1.82) is 0 Å². The summed E-state index contributed by atoms with van der Waals surface area (Å²) >= 11 is 0. The van der Waals surface area contributed by atoms with Crippen LogP contribution in [0.4, 0.5) is 0 Å². The molecule has 235 valence electrons. The summed E-state index contributed by atoms with van der Waals surface area (Å²) < 4.78 is 42.3. The standard InChI is InChI=1S/C15H25BO5.C9H12O3.C6H12BO2/c1-13(2)14(3,4)21-16(20-13)9-6-15(12(17)18-5)7-10-19-11-8-15;1-3-9(8(10)11-2)4-6-12-7-5-9;1-5(2)6(3,4)9-7-8-5/h6,9H,7-8,10-11H2,1-5H3;1H,4-7H2,2H3;1-4H3/b9-6+;;. The molecule has 0 atom stereocenters. The maximum absolute atomic E-state index is 12.1. The molecule has 0 spiro atoms. The number of methoxy groups -OCH3 is 2. The van der Waals surface area contributed by atoms with Crippen molar-refractivity contribution in [2.24, 2.45) is 10.8 Å². The highest BCUT2D eigenvalue weighted by Crippen LogP contribution is 2.39. The Labute approximate surface area is 253 Å². The molecule has 0 aromatic heterocycles.